The fourth-order valence-electron chi connectivity index (χ4n) is 2.36. The highest BCUT2D eigenvalue weighted by atomic mass is 19.1. The van der Waals surface area contributed by atoms with E-state index in [1.54, 1.807) is 0 Å². The maximum Gasteiger partial charge on any atom is 0.328 e. The Hall–Kier alpha value is -2.95. The number of nitriles is 1. The van der Waals surface area contributed by atoms with Crippen molar-refractivity contribution in [2.45, 2.75) is 44.7 Å². The van der Waals surface area contributed by atoms with Crippen LogP contribution in [0.2, 0.25) is 0 Å². The number of ether oxygens (including phenoxy) is 1. The highest BCUT2D eigenvalue weighted by molar-refractivity contribution is 5.90. The second kappa shape index (κ2) is 10.8. The van der Waals surface area contributed by atoms with Crippen molar-refractivity contribution in [3.8, 4) is 6.07 Å². The minimum absolute atomic E-state index is 0.137. The van der Waals surface area contributed by atoms with E-state index >= 15 is 0 Å². The van der Waals surface area contributed by atoms with Gasteiger partial charge >= 0.3 is 5.97 Å². The molecule has 0 unspecified atom stereocenters. The van der Waals surface area contributed by atoms with Crippen molar-refractivity contribution >= 4 is 17.8 Å². The van der Waals surface area contributed by atoms with Crippen molar-refractivity contribution in [1.82, 2.24) is 10.6 Å². The maximum absolute atomic E-state index is 13.0. The van der Waals surface area contributed by atoms with E-state index in [0.29, 0.717) is 12.0 Å². The Morgan fingerprint density at radius 2 is 1.85 bits per heavy atom. The lowest BCUT2D eigenvalue weighted by molar-refractivity contribution is -0.145. The number of rotatable bonds is 9. The summed E-state index contributed by atoms with van der Waals surface area (Å²) in [6.07, 6.45) is 1.04. The highest BCUT2D eigenvalue weighted by Gasteiger charge is 2.26. The first-order valence-electron chi connectivity index (χ1n) is 8.14. The average molecular weight is 363 g/mol. The third-order valence-corrected chi connectivity index (χ3v) is 3.63. The van der Waals surface area contributed by atoms with Crippen molar-refractivity contribution < 1.29 is 23.5 Å². The second-order valence-corrected chi connectivity index (χ2v) is 5.72. The number of hydrogen-bond donors (Lipinski definition) is 2. The molecule has 8 heteroatoms. The molecule has 0 fully saturated rings. The van der Waals surface area contributed by atoms with Crippen LogP contribution in [0.25, 0.3) is 0 Å². The zero-order valence-electron chi connectivity index (χ0n) is 14.8. The van der Waals surface area contributed by atoms with E-state index in [1.165, 1.54) is 38.3 Å². The zero-order chi connectivity index (χ0) is 19.5. The Balaban J connectivity index is 2.84. The molecule has 0 bridgehead atoms. The topological polar surface area (TPSA) is 108 Å². The number of halogens is 1. The first-order chi connectivity index (χ1) is 12.4. The van der Waals surface area contributed by atoms with Crippen LogP contribution in [0.4, 0.5) is 4.39 Å². The van der Waals surface area contributed by atoms with E-state index < -0.39 is 35.7 Å². The number of carbonyl (C=O) groups is 3. The predicted molar refractivity (Wildman–Crippen MR) is 91.1 cm³/mol. The Bertz CT molecular complexity index is 670. The maximum atomic E-state index is 13.0. The van der Waals surface area contributed by atoms with Gasteiger partial charge in [-0.1, -0.05) is 12.1 Å². The number of carbonyl (C=O) groups excluding carboxylic acids is 3. The minimum atomic E-state index is -0.930. The van der Waals surface area contributed by atoms with Gasteiger partial charge in [-0.05, 0) is 30.5 Å². The van der Waals surface area contributed by atoms with E-state index in [2.05, 4.69) is 15.4 Å². The van der Waals surface area contributed by atoms with Gasteiger partial charge in [-0.2, -0.15) is 5.26 Å². The molecule has 0 saturated heterocycles. The van der Waals surface area contributed by atoms with Crippen LogP contribution in [-0.2, 0) is 25.5 Å². The largest absolute Gasteiger partial charge is 0.467 e. The number of nitrogens with zero attached hydrogens (tertiary/aromatic N) is 1. The van der Waals surface area contributed by atoms with Gasteiger partial charge in [0.2, 0.25) is 11.8 Å². The number of hydrogen-bond acceptors (Lipinski definition) is 5. The summed E-state index contributed by atoms with van der Waals surface area (Å²) in [6, 6.07) is 5.68. The monoisotopic (exact) mass is 363 g/mol. The number of benzene rings is 1. The SMILES string of the molecule is COC(=O)[C@H](CCCC#N)NC(=O)[C@H](Cc1ccc(F)cc1)NC(C)=O. The van der Waals surface area contributed by atoms with Crippen LogP contribution in [0, 0.1) is 17.1 Å². The quantitative estimate of drug-likeness (QED) is 0.507. The van der Waals surface area contributed by atoms with Gasteiger partial charge in [-0.25, -0.2) is 9.18 Å². The van der Waals surface area contributed by atoms with Crippen molar-refractivity contribution in [2.75, 3.05) is 7.11 Å². The third kappa shape index (κ3) is 7.30. The molecule has 2 amide bonds. The first kappa shape index (κ1) is 21.1. The normalized spacial score (nSPS) is 12.4. The Morgan fingerprint density at radius 1 is 1.19 bits per heavy atom. The second-order valence-electron chi connectivity index (χ2n) is 5.72. The lowest BCUT2D eigenvalue weighted by Crippen LogP contribution is -2.52. The molecule has 26 heavy (non-hydrogen) atoms. The first-order valence-corrected chi connectivity index (χ1v) is 8.14. The predicted octanol–water partition coefficient (Wildman–Crippen LogP) is 1.22. The molecule has 140 valence electrons. The van der Waals surface area contributed by atoms with Crippen molar-refractivity contribution in [2.24, 2.45) is 0 Å². The molecule has 2 atom stereocenters. The number of methoxy groups -OCH3 is 1. The summed E-state index contributed by atoms with van der Waals surface area (Å²) in [4.78, 5) is 35.8. The average Bonchev–Trinajstić information content (AvgIpc) is 2.61. The number of amides is 2. The van der Waals surface area contributed by atoms with Crippen LogP contribution >= 0.6 is 0 Å². The number of nitrogens with one attached hydrogen (secondary N) is 2. The molecule has 0 aliphatic heterocycles. The van der Waals surface area contributed by atoms with E-state index in [0.717, 1.165) is 0 Å². The molecule has 1 aromatic rings. The van der Waals surface area contributed by atoms with Gasteiger partial charge in [0.05, 0.1) is 13.2 Å². The van der Waals surface area contributed by atoms with Crippen molar-refractivity contribution in [3.63, 3.8) is 0 Å². The molecular formula is C18H22FN3O4. The molecule has 0 heterocycles. The van der Waals surface area contributed by atoms with Gasteiger partial charge in [-0.3, -0.25) is 9.59 Å². The minimum Gasteiger partial charge on any atom is -0.467 e. The molecule has 7 nitrogen and oxygen atoms in total. The molecule has 0 aromatic heterocycles. The van der Waals surface area contributed by atoms with Crippen LogP contribution < -0.4 is 10.6 Å². The van der Waals surface area contributed by atoms with Crippen LogP contribution in [0.5, 0.6) is 0 Å². The zero-order valence-corrected chi connectivity index (χ0v) is 14.8. The molecule has 0 spiro atoms. The summed E-state index contributed by atoms with van der Waals surface area (Å²) in [5, 5.41) is 13.7. The van der Waals surface area contributed by atoms with E-state index in [-0.39, 0.29) is 19.3 Å². The van der Waals surface area contributed by atoms with Gasteiger partial charge in [0.1, 0.15) is 17.9 Å². The van der Waals surface area contributed by atoms with Gasteiger partial charge in [-0.15, -0.1) is 0 Å². The molecule has 1 aromatic carbocycles. The smallest absolute Gasteiger partial charge is 0.328 e. The Morgan fingerprint density at radius 3 is 2.38 bits per heavy atom. The highest BCUT2D eigenvalue weighted by Crippen LogP contribution is 2.08. The summed E-state index contributed by atoms with van der Waals surface area (Å²) in [5.74, 6) is -2.00. The molecule has 0 aliphatic carbocycles. The summed E-state index contributed by atoms with van der Waals surface area (Å²) < 4.78 is 17.7. The van der Waals surface area contributed by atoms with E-state index in [4.69, 9.17) is 5.26 Å². The van der Waals surface area contributed by atoms with Gasteiger partial charge < -0.3 is 15.4 Å². The Labute approximate surface area is 151 Å². The fourth-order valence-corrected chi connectivity index (χ4v) is 2.36. The number of unbranched alkanes of at least 4 members (excludes halogenated alkanes) is 1. The Kier molecular flexibility index (Phi) is 8.78. The van der Waals surface area contributed by atoms with Gasteiger partial charge in [0, 0.05) is 19.8 Å². The molecule has 1 rings (SSSR count). The molecule has 0 radical (unpaired) electrons. The van der Waals surface area contributed by atoms with Gasteiger partial charge in [0.15, 0.2) is 0 Å². The molecule has 2 N–H and O–H groups in total. The lowest BCUT2D eigenvalue weighted by atomic mass is 10.0. The summed E-state index contributed by atoms with van der Waals surface area (Å²) >= 11 is 0. The lowest BCUT2D eigenvalue weighted by Gasteiger charge is -2.22. The van der Waals surface area contributed by atoms with Crippen molar-refractivity contribution in [3.05, 3.63) is 35.6 Å². The summed E-state index contributed by atoms with van der Waals surface area (Å²) in [6.45, 7) is 1.27. The van der Waals surface area contributed by atoms with Crippen LogP contribution in [-0.4, -0.2) is 37.0 Å². The molecule has 0 saturated carbocycles. The number of esters is 1. The van der Waals surface area contributed by atoms with Crippen LogP contribution in [0.1, 0.15) is 31.7 Å². The van der Waals surface area contributed by atoms with E-state index in [9.17, 15) is 18.8 Å². The van der Waals surface area contributed by atoms with Gasteiger partial charge in [0.25, 0.3) is 0 Å². The molecule has 0 aliphatic rings. The fraction of sp³-hybridized carbons (Fsp3) is 0.444. The van der Waals surface area contributed by atoms with Crippen molar-refractivity contribution in [1.29, 1.82) is 5.26 Å². The van der Waals surface area contributed by atoms with Crippen LogP contribution in [0.3, 0.4) is 0 Å². The summed E-state index contributed by atoms with van der Waals surface area (Å²) in [7, 11) is 1.20. The molecular weight excluding hydrogens is 341 g/mol. The third-order valence-electron chi connectivity index (χ3n) is 3.63. The van der Waals surface area contributed by atoms with Crippen LogP contribution in [0.15, 0.2) is 24.3 Å². The van der Waals surface area contributed by atoms with E-state index in [1.807, 2.05) is 6.07 Å². The standard InChI is InChI=1S/C18H22FN3O4/c1-12(23)21-16(11-13-6-8-14(19)9-7-13)17(24)22-15(18(25)26-2)5-3-4-10-20/h6-9,15-16H,3-5,11H2,1-2H3,(H,21,23)(H,22,24)/t15-,16-/m0/s1. The summed E-state index contributed by atoms with van der Waals surface area (Å²) in [5.41, 5.74) is 0.652.